The second kappa shape index (κ2) is 6.69. The van der Waals surface area contributed by atoms with Crippen LogP contribution in [0.15, 0.2) is 39.9 Å². The molecule has 0 bridgehead atoms. The Morgan fingerprint density at radius 2 is 2.00 bits per heavy atom. The molecule has 1 aromatic carbocycles. The normalized spacial score (nSPS) is 11.7. The molecule has 0 radical (unpaired) electrons. The monoisotopic (exact) mass is 330 g/mol. The fraction of sp³-hybridized carbons (Fsp3) is 0.231. The maximum absolute atomic E-state index is 12.2. The highest BCUT2D eigenvalue weighted by molar-refractivity contribution is 7.91. The van der Waals surface area contributed by atoms with E-state index in [1.54, 1.807) is 24.3 Å². The van der Waals surface area contributed by atoms with Crippen molar-refractivity contribution in [3.05, 3.63) is 51.9 Å². The van der Waals surface area contributed by atoms with E-state index in [2.05, 4.69) is 10.0 Å². The lowest BCUT2D eigenvalue weighted by atomic mass is 10.2. The predicted octanol–water partition coefficient (Wildman–Crippen LogP) is 2.60. The van der Waals surface area contributed by atoms with Crippen LogP contribution in [0.2, 0.25) is 5.02 Å². The Hall–Kier alpha value is -0.920. The van der Waals surface area contributed by atoms with Gasteiger partial charge in [-0.3, -0.25) is 0 Å². The Balaban J connectivity index is 2.06. The van der Waals surface area contributed by atoms with Crippen LogP contribution in [0.1, 0.15) is 11.1 Å². The van der Waals surface area contributed by atoms with Crippen LogP contribution in [0.5, 0.6) is 0 Å². The lowest BCUT2D eigenvalue weighted by Crippen LogP contribution is -2.22. The van der Waals surface area contributed by atoms with Gasteiger partial charge in [-0.2, -0.15) is 0 Å². The number of sulfonamides is 1. The van der Waals surface area contributed by atoms with E-state index in [1.165, 1.54) is 11.3 Å². The molecule has 0 amide bonds. The minimum Gasteiger partial charge on any atom is -0.316 e. The van der Waals surface area contributed by atoms with E-state index in [-0.39, 0.29) is 6.54 Å². The average Bonchev–Trinajstić information content (AvgIpc) is 2.87. The van der Waals surface area contributed by atoms with Crippen molar-refractivity contribution < 1.29 is 8.42 Å². The van der Waals surface area contributed by atoms with Crippen molar-refractivity contribution in [1.82, 2.24) is 10.0 Å². The van der Waals surface area contributed by atoms with Crippen molar-refractivity contribution in [2.24, 2.45) is 0 Å². The first-order chi connectivity index (χ1) is 9.51. The first-order valence-corrected chi connectivity index (χ1v) is 8.71. The smallest absolute Gasteiger partial charge is 0.250 e. The number of nitrogens with one attached hydrogen (secondary N) is 2. The Morgan fingerprint density at radius 1 is 1.20 bits per heavy atom. The van der Waals surface area contributed by atoms with Gasteiger partial charge in [-0.05, 0) is 41.8 Å². The molecular formula is C13H15ClN2O2S2. The van der Waals surface area contributed by atoms with Crippen LogP contribution in [-0.2, 0) is 23.1 Å². The number of hydrogen-bond acceptors (Lipinski definition) is 4. The van der Waals surface area contributed by atoms with Gasteiger partial charge in [0.1, 0.15) is 4.21 Å². The molecule has 0 spiro atoms. The standard InChI is InChI=1S/C13H15ClN2O2S2/c1-15-7-11-6-13(19-9-11)20(17,18)16-8-10-3-2-4-12(14)5-10/h2-6,9,15-16H,7-8H2,1H3. The van der Waals surface area contributed by atoms with Crippen LogP contribution in [0.3, 0.4) is 0 Å². The summed E-state index contributed by atoms with van der Waals surface area (Å²) in [7, 11) is -1.65. The maximum atomic E-state index is 12.2. The highest BCUT2D eigenvalue weighted by Gasteiger charge is 2.16. The van der Waals surface area contributed by atoms with Crippen LogP contribution in [-0.4, -0.2) is 15.5 Å². The highest BCUT2D eigenvalue weighted by atomic mass is 35.5. The zero-order chi connectivity index (χ0) is 14.6. The van der Waals surface area contributed by atoms with Crippen LogP contribution in [0.4, 0.5) is 0 Å². The zero-order valence-corrected chi connectivity index (χ0v) is 13.3. The van der Waals surface area contributed by atoms with Crippen LogP contribution < -0.4 is 10.0 Å². The second-order valence-corrected chi connectivity index (χ2v) is 7.60. The summed E-state index contributed by atoms with van der Waals surface area (Å²) in [5.74, 6) is 0. The molecule has 2 rings (SSSR count). The molecule has 1 aromatic heterocycles. The van der Waals surface area contributed by atoms with Gasteiger partial charge in [-0.15, -0.1) is 11.3 Å². The van der Waals surface area contributed by atoms with E-state index < -0.39 is 10.0 Å². The summed E-state index contributed by atoms with van der Waals surface area (Å²) in [6.07, 6.45) is 0. The lowest BCUT2D eigenvalue weighted by Gasteiger charge is -2.05. The van der Waals surface area contributed by atoms with E-state index in [0.29, 0.717) is 15.8 Å². The van der Waals surface area contributed by atoms with Crippen molar-refractivity contribution in [2.75, 3.05) is 7.05 Å². The first kappa shape index (κ1) is 15.5. The van der Waals surface area contributed by atoms with Crippen molar-refractivity contribution in [1.29, 1.82) is 0 Å². The summed E-state index contributed by atoms with van der Waals surface area (Å²) in [5.41, 5.74) is 1.79. The van der Waals surface area contributed by atoms with Crippen molar-refractivity contribution >= 4 is 33.0 Å². The molecule has 0 saturated carbocycles. The summed E-state index contributed by atoms with van der Waals surface area (Å²) in [6.45, 7) is 0.877. The maximum Gasteiger partial charge on any atom is 0.250 e. The topological polar surface area (TPSA) is 58.2 Å². The van der Waals surface area contributed by atoms with E-state index in [0.717, 1.165) is 11.1 Å². The Bertz CT molecular complexity index is 683. The summed E-state index contributed by atoms with van der Waals surface area (Å²) in [6, 6.07) is 8.80. The van der Waals surface area contributed by atoms with E-state index in [9.17, 15) is 8.42 Å². The van der Waals surface area contributed by atoms with Gasteiger partial charge in [0, 0.05) is 18.1 Å². The number of rotatable bonds is 6. The molecule has 20 heavy (non-hydrogen) atoms. The molecule has 4 nitrogen and oxygen atoms in total. The third-order valence-electron chi connectivity index (χ3n) is 2.63. The molecule has 0 unspecified atom stereocenters. The molecule has 0 aliphatic carbocycles. The molecule has 0 saturated heterocycles. The predicted molar refractivity (Wildman–Crippen MR) is 82.6 cm³/mol. The van der Waals surface area contributed by atoms with Gasteiger partial charge in [0.15, 0.2) is 0 Å². The SMILES string of the molecule is CNCc1csc(S(=O)(=O)NCc2cccc(Cl)c2)c1. The summed E-state index contributed by atoms with van der Waals surface area (Å²) in [5, 5.41) is 5.42. The van der Waals surface area contributed by atoms with Gasteiger partial charge in [0.25, 0.3) is 0 Å². The molecule has 0 fully saturated rings. The van der Waals surface area contributed by atoms with Gasteiger partial charge in [-0.1, -0.05) is 23.7 Å². The molecular weight excluding hydrogens is 316 g/mol. The minimum atomic E-state index is -3.47. The molecule has 1 heterocycles. The van der Waals surface area contributed by atoms with Gasteiger partial charge in [-0.25, -0.2) is 13.1 Å². The van der Waals surface area contributed by atoms with Gasteiger partial charge in [0.2, 0.25) is 10.0 Å². The summed E-state index contributed by atoms with van der Waals surface area (Å²) >= 11 is 7.09. The fourth-order valence-corrected chi connectivity index (χ4v) is 4.17. The van der Waals surface area contributed by atoms with Gasteiger partial charge in [0.05, 0.1) is 0 Å². The van der Waals surface area contributed by atoms with E-state index in [4.69, 9.17) is 11.6 Å². The Morgan fingerprint density at radius 3 is 2.70 bits per heavy atom. The molecule has 0 aliphatic heterocycles. The Kier molecular flexibility index (Phi) is 5.17. The molecule has 0 aliphatic rings. The fourth-order valence-electron chi connectivity index (χ4n) is 1.69. The highest BCUT2D eigenvalue weighted by Crippen LogP contribution is 2.20. The third-order valence-corrected chi connectivity index (χ3v) is 5.76. The molecule has 7 heteroatoms. The number of benzene rings is 1. The second-order valence-electron chi connectivity index (χ2n) is 4.26. The van der Waals surface area contributed by atoms with Crippen LogP contribution >= 0.6 is 22.9 Å². The quantitative estimate of drug-likeness (QED) is 0.856. The summed E-state index contributed by atoms with van der Waals surface area (Å²) < 4.78 is 27.2. The first-order valence-electron chi connectivity index (χ1n) is 5.97. The van der Waals surface area contributed by atoms with Gasteiger partial charge >= 0.3 is 0 Å². The van der Waals surface area contributed by atoms with E-state index >= 15 is 0 Å². The minimum absolute atomic E-state index is 0.224. The summed E-state index contributed by atoms with van der Waals surface area (Å²) in [4.78, 5) is 0. The number of halogens is 1. The van der Waals surface area contributed by atoms with Crippen LogP contribution in [0.25, 0.3) is 0 Å². The zero-order valence-electron chi connectivity index (χ0n) is 10.9. The lowest BCUT2D eigenvalue weighted by molar-refractivity contribution is 0.583. The largest absolute Gasteiger partial charge is 0.316 e. The molecule has 2 N–H and O–H groups in total. The third kappa shape index (κ3) is 4.04. The molecule has 2 aromatic rings. The van der Waals surface area contributed by atoms with E-state index in [1.807, 2.05) is 18.5 Å². The number of hydrogen-bond donors (Lipinski definition) is 2. The van der Waals surface area contributed by atoms with Crippen molar-refractivity contribution in [3.63, 3.8) is 0 Å². The Labute approximate surface area is 127 Å². The average molecular weight is 331 g/mol. The van der Waals surface area contributed by atoms with Gasteiger partial charge < -0.3 is 5.32 Å². The number of thiophene rings is 1. The van der Waals surface area contributed by atoms with Crippen molar-refractivity contribution in [2.45, 2.75) is 17.3 Å². The molecule has 0 atom stereocenters. The van der Waals surface area contributed by atoms with Crippen LogP contribution in [0, 0.1) is 0 Å². The van der Waals surface area contributed by atoms with Crippen molar-refractivity contribution in [3.8, 4) is 0 Å². The molecule has 108 valence electrons.